The Labute approximate surface area is 149 Å². The highest BCUT2D eigenvalue weighted by molar-refractivity contribution is 5.94. The van der Waals surface area contributed by atoms with Gasteiger partial charge in [-0.2, -0.15) is 9.78 Å². The third-order valence-corrected chi connectivity index (χ3v) is 3.12. The largest absolute Gasteiger partial charge is 0.516 e. The van der Waals surface area contributed by atoms with Crippen LogP contribution in [0.1, 0.15) is 29.9 Å². The Hall–Kier alpha value is -3.36. The zero-order valence-corrected chi connectivity index (χ0v) is 14.6. The highest BCUT2D eigenvalue weighted by atomic mass is 16.7. The molecule has 0 spiro atoms. The Kier molecular flexibility index (Phi) is 6.31. The zero-order valence-electron chi connectivity index (χ0n) is 14.6. The van der Waals surface area contributed by atoms with Crippen LogP contribution in [-0.2, 0) is 14.2 Å². The summed E-state index contributed by atoms with van der Waals surface area (Å²) < 4.78 is 20.1. The van der Waals surface area contributed by atoms with E-state index in [0.29, 0.717) is 5.69 Å². The van der Waals surface area contributed by atoms with Gasteiger partial charge in [-0.25, -0.2) is 14.4 Å². The molecule has 2 aromatic rings. The fraction of sp³-hybridized carbons (Fsp3) is 0.294. The van der Waals surface area contributed by atoms with Gasteiger partial charge in [0.25, 0.3) is 0 Å². The van der Waals surface area contributed by atoms with E-state index in [1.54, 1.807) is 26.0 Å². The van der Waals surface area contributed by atoms with Gasteiger partial charge in [0.2, 0.25) is 5.88 Å². The van der Waals surface area contributed by atoms with Crippen LogP contribution in [0, 0.1) is 6.92 Å². The van der Waals surface area contributed by atoms with Gasteiger partial charge < -0.3 is 18.9 Å². The molecule has 0 N–H and O–H groups in total. The number of nitrogens with zero attached hydrogens (tertiary/aromatic N) is 2. The highest BCUT2D eigenvalue weighted by Crippen LogP contribution is 2.23. The van der Waals surface area contributed by atoms with Gasteiger partial charge >= 0.3 is 18.3 Å². The summed E-state index contributed by atoms with van der Waals surface area (Å²) in [5, 5.41) is 4.07. The Morgan fingerprint density at radius 3 is 2.35 bits per heavy atom. The van der Waals surface area contributed by atoms with E-state index in [9.17, 15) is 14.4 Å². The van der Waals surface area contributed by atoms with Gasteiger partial charge in [0.05, 0.1) is 18.9 Å². The minimum atomic E-state index is -1.14. The quantitative estimate of drug-likeness (QED) is 0.590. The topological polar surface area (TPSA) is 106 Å². The molecule has 9 heteroatoms. The fourth-order valence-electron chi connectivity index (χ4n) is 2.02. The summed E-state index contributed by atoms with van der Waals surface area (Å²) >= 11 is 0. The predicted molar refractivity (Wildman–Crippen MR) is 88.4 cm³/mol. The van der Waals surface area contributed by atoms with Crippen LogP contribution in [0.4, 0.5) is 9.59 Å². The standard InChI is InChI=1S/C17H18N2O7/c1-4-23-16(21)25-14-10-12(15(20)26-17(22)24-5-2)18-19(14)13-9-7-6-8-11(13)3/h6-10H,4-5H2,1-3H3. The lowest BCUT2D eigenvalue weighted by Gasteiger charge is -2.09. The summed E-state index contributed by atoms with van der Waals surface area (Å²) in [4.78, 5) is 35.0. The van der Waals surface area contributed by atoms with Gasteiger partial charge in [-0.15, -0.1) is 0 Å². The number of benzene rings is 1. The van der Waals surface area contributed by atoms with Crippen LogP contribution >= 0.6 is 0 Å². The second-order valence-corrected chi connectivity index (χ2v) is 4.92. The molecule has 0 aliphatic heterocycles. The van der Waals surface area contributed by atoms with Crippen molar-refractivity contribution in [2.45, 2.75) is 20.8 Å². The molecule has 138 valence electrons. The molecule has 1 aromatic heterocycles. The Bertz CT molecular complexity index is 813. The first-order valence-corrected chi connectivity index (χ1v) is 7.85. The number of hydrogen-bond donors (Lipinski definition) is 0. The van der Waals surface area contributed by atoms with Gasteiger partial charge in [-0.3, -0.25) is 0 Å². The normalized spacial score (nSPS) is 10.1. The molecule has 0 fully saturated rings. The van der Waals surface area contributed by atoms with E-state index >= 15 is 0 Å². The predicted octanol–water partition coefficient (Wildman–Crippen LogP) is 3.03. The second-order valence-electron chi connectivity index (χ2n) is 4.92. The molecular formula is C17H18N2O7. The lowest BCUT2D eigenvalue weighted by Crippen LogP contribution is -2.15. The van der Waals surface area contributed by atoms with Crippen molar-refractivity contribution in [3.05, 3.63) is 41.6 Å². The van der Waals surface area contributed by atoms with E-state index in [2.05, 4.69) is 14.6 Å². The van der Waals surface area contributed by atoms with E-state index in [1.807, 2.05) is 19.1 Å². The second kappa shape index (κ2) is 8.65. The Morgan fingerprint density at radius 2 is 1.69 bits per heavy atom. The van der Waals surface area contributed by atoms with Gasteiger partial charge in [0.15, 0.2) is 5.69 Å². The summed E-state index contributed by atoms with van der Waals surface area (Å²) in [7, 11) is 0. The van der Waals surface area contributed by atoms with Crippen molar-refractivity contribution in [2.24, 2.45) is 0 Å². The smallest absolute Gasteiger partial charge is 0.434 e. The third-order valence-electron chi connectivity index (χ3n) is 3.12. The van der Waals surface area contributed by atoms with Gasteiger partial charge in [0.1, 0.15) is 0 Å². The molecule has 0 aliphatic rings. The molecule has 0 unspecified atom stereocenters. The monoisotopic (exact) mass is 362 g/mol. The van der Waals surface area contributed by atoms with Crippen molar-refractivity contribution in [1.29, 1.82) is 0 Å². The van der Waals surface area contributed by atoms with Crippen molar-refractivity contribution >= 4 is 18.3 Å². The van der Waals surface area contributed by atoms with Crippen molar-refractivity contribution in [1.82, 2.24) is 9.78 Å². The molecule has 2 rings (SSSR count). The molecule has 0 bridgehead atoms. The molecular weight excluding hydrogens is 344 g/mol. The lowest BCUT2D eigenvalue weighted by molar-refractivity contribution is 0.0395. The van der Waals surface area contributed by atoms with E-state index in [1.165, 1.54) is 10.7 Å². The average Bonchev–Trinajstić information content (AvgIpc) is 2.99. The summed E-state index contributed by atoms with van der Waals surface area (Å²) in [5.74, 6) is -1.10. The van der Waals surface area contributed by atoms with Crippen molar-refractivity contribution in [3.63, 3.8) is 0 Å². The van der Waals surface area contributed by atoms with Crippen LogP contribution in [0.5, 0.6) is 5.88 Å². The van der Waals surface area contributed by atoms with E-state index in [4.69, 9.17) is 9.47 Å². The van der Waals surface area contributed by atoms with Crippen LogP contribution in [0.25, 0.3) is 5.69 Å². The first-order chi connectivity index (χ1) is 12.5. The molecule has 0 radical (unpaired) electrons. The van der Waals surface area contributed by atoms with Crippen LogP contribution in [0.15, 0.2) is 30.3 Å². The number of aryl methyl sites for hydroxylation is 1. The van der Waals surface area contributed by atoms with Crippen molar-refractivity contribution < 1.29 is 33.3 Å². The van der Waals surface area contributed by atoms with Crippen LogP contribution in [-0.4, -0.2) is 41.3 Å². The summed E-state index contributed by atoms with van der Waals surface area (Å²) in [6, 6.07) is 8.30. The summed E-state index contributed by atoms with van der Waals surface area (Å²) in [6.07, 6.45) is -2.09. The van der Waals surface area contributed by atoms with Crippen molar-refractivity contribution in [3.8, 4) is 11.6 Å². The highest BCUT2D eigenvalue weighted by Gasteiger charge is 2.23. The number of ether oxygens (including phenoxy) is 4. The number of aromatic nitrogens is 2. The molecule has 9 nitrogen and oxygen atoms in total. The fourth-order valence-corrected chi connectivity index (χ4v) is 2.02. The van der Waals surface area contributed by atoms with E-state index in [-0.39, 0.29) is 24.8 Å². The number of rotatable bonds is 5. The lowest BCUT2D eigenvalue weighted by atomic mass is 10.2. The Balaban J connectivity index is 2.37. The van der Waals surface area contributed by atoms with Crippen LogP contribution in [0.2, 0.25) is 0 Å². The molecule has 0 saturated heterocycles. The molecule has 0 aliphatic carbocycles. The SMILES string of the molecule is CCOC(=O)OC(=O)c1cc(OC(=O)OCC)n(-c2ccccc2C)n1. The number of carbonyl (C=O) groups is 3. The minimum Gasteiger partial charge on any atom is -0.434 e. The van der Waals surface area contributed by atoms with Crippen LogP contribution in [0.3, 0.4) is 0 Å². The number of hydrogen-bond acceptors (Lipinski definition) is 8. The van der Waals surface area contributed by atoms with E-state index < -0.39 is 18.3 Å². The number of esters is 1. The van der Waals surface area contributed by atoms with Crippen LogP contribution < -0.4 is 4.74 Å². The molecule has 26 heavy (non-hydrogen) atoms. The molecule has 1 aromatic carbocycles. The molecule has 1 heterocycles. The first-order valence-electron chi connectivity index (χ1n) is 7.85. The molecule has 0 atom stereocenters. The number of para-hydroxylation sites is 1. The van der Waals surface area contributed by atoms with Crippen molar-refractivity contribution in [2.75, 3.05) is 13.2 Å². The summed E-state index contributed by atoms with van der Waals surface area (Å²) in [5.41, 5.74) is 1.15. The minimum absolute atomic E-state index is 0.0565. The molecule has 0 saturated carbocycles. The third kappa shape index (κ3) is 4.59. The Morgan fingerprint density at radius 1 is 1.04 bits per heavy atom. The molecule has 0 amide bonds. The van der Waals surface area contributed by atoms with Gasteiger partial charge in [0, 0.05) is 6.07 Å². The van der Waals surface area contributed by atoms with Gasteiger partial charge in [-0.1, -0.05) is 18.2 Å². The number of carbonyl (C=O) groups excluding carboxylic acids is 3. The zero-order chi connectivity index (χ0) is 19.1. The van der Waals surface area contributed by atoms with E-state index in [0.717, 1.165) is 5.56 Å². The maximum Gasteiger partial charge on any atom is 0.516 e. The maximum absolute atomic E-state index is 12.1. The maximum atomic E-state index is 12.1. The first kappa shape index (κ1) is 19.0. The van der Waals surface area contributed by atoms with Gasteiger partial charge in [-0.05, 0) is 32.4 Å². The summed E-state index contributed by atoms with van der Waals surface area (Å²) in [6.45, 7) is 5.20. The average molecular weight is 362 g/mol.